The van der Waals surface area contributed by atoms with Crippen molar-refractivity contribution in [2.24, 2.45) is 0 Å². The Bertz CT molecular complexity index is 1370. The number of aryl methyl sites for hydroxylation is 1. The summed E-state index contributed by atoms with van der Waals surface area (Å²) in [6.45, 7) is 6.47. The highest BCUT2D eigenvalue weighted by molar-refractivity contribution is 8.18. The number of benzene rings is 3. The van der Waals surface area contributed by atoms with Gasteiger partial charge in [-0.05, 0) is 78.2 Å². The Balaban J connectivity index is 1.45. The number of hydrogen-bond acceptors (Lipinski definition) is 6. The van der Waals surface area contributed by atoms with Crippen LogP contribution in [0.15, 0.2) is 71.6 Å². The van der Waals surface area contributed by atoms with Crippen LogP contribution >= 0.6 is 23.4 Å². The average Bonchev–Trinajstić information content (AvgIpc) is 3.12. The van der Waals surface area contributed by atoms with Crippen LogP contribution in [-0.4, -0.2) is 35.2 Å². The maximum Gasteiger partial charge on any atom is 0.343 e. The molecule has 1 aliphatic rings. The maximum atomic E-state index is 13.0. The van der Waals surface area contributed by atoms with E-state index in [-0.39, 0.29) is 35.0 Å². The van der Waals surface area contributed by atoms with E-state index in [0.717, 1.165) is 28.6 Å². The van der Waals surface area contributed by atoms with Gasteiger partial charge in [0, 0.05) is 10.6 Å². The minimum absolute atomic E-state index is 0.126. The number of rotatable bonds is 8. The Kier molecular flexibility index (Phi) is 8.36. The number of carbonyl (C=O) groups is 3. The summed E-state index contributed by atoms with van der Waals surface area (Å²) in [5.74, 6) is 0.349. The SMILES string of the molecule is Cc1ccc(C(C)C)c(OCCN2C(=O)S/C(=C\c3ccccc3OC(=O)c3ccc(Cl)cc3)C2=O)c1. The number of ether oxygens (including phenoxy) is 2. The van der Waals surface area contributed by atoms with Crippen molar-refractivity contribution in [3.8, 4) is 11.5 Å². The zero-order valence-electron chi connectivity index (χ0n) is 20.7. The third kappa shape index (κ3) is 6.42. The number of amides is 2. The Morgan fingerprint density at radius 3 is 2.49 bits per heavy atom. The number of hydrogen-bond donors (Lipinski definition) is 0. The van der Waals surface area contributed by atoms with Crippen LogP contribution in [0.5, 0.6) is 11.5 Å². The number of nitrogens with zero attached hydrogens (tertiary/aromatic N) is 1. The van der Waals surface area contributed by atoms with E-state index in [0.29, 0.717) is 16.1 Å². The lowest BCUT2D eigenvalue weighted by molar-refractivity contribution is -0.123. The molecule has 0 aromatic heterocycles. The Morgan fingerprint density at radius 2 is 1.76 bits per heavy atom. The highest BCUT2D eigenvalue weighted by atomic mass is 35.5. The molecule has 1 aliphatic heterocycles. The third-order valence-electron chi connectivity index (χ3n) is 5.73. The summed E-state index contributed by atoms with van der Waals surface area (Å²) in [6, 6.07) is 19.2. The maximum absolute atomic E-state index is 13.0. The molecule has 3 aromatic carbocycles. The molecule has 1 heterocycles. The summed E-state index contributed by atoms with van der Waals surface area (Å²) in [5.41, 5.74) is 3.00. The second-order valence-electron chi connectivity index (χ2n) is 8.81. The van der Waals surface area contributed by atoms with Crippen molar-refractivity contribution < 1.29 is 23.9 Å². The minimum Gasteiger partial charge on any atom is -0.491 e. The molecule has 0 bridgehead atoms. The molecule has 4 rings (SSSR count). The van der Waals surface area contributed by atoms with Gasteiger partial charge in [0.25, 0.3) is 11.1 Å². The fourth-order valence-electron chi connectivity index (χ4n) is 3.76. The highest BCUT2D eigenvalue weighted by Crippen LogP contribution is 2.34. The van der Waals surface area contributed by atoms with E-state index in [4.69, 9.17) is 21.1 Å². The Morgan fingerprint density at radius 1 is 1.03 bits per heavy atom. The molecule has 0 N–H and O–H groups in total. The van der Waals surface area contributed by atoms with Crippen molar-refractivity contribution in [3.05, 3.63) is 98.9 Å². The van der Waals surface area contributed by atoms with Gasteiger partial charge in [-0.3, -0.25) is 14.5 Å². The van der Waals surface area contributed by atoms with Crippen LogP contribution in [0.1, 0.15) is 46.8 Å². The third-order valence-corrected chi connectivity index (χ3v) is 6.88. The van der Waals surface area contributed by atoms with E-state index in [1.165, 1.54) is 4.90 Å². The molecule has 0 atom stereocenters. The fraction of sp³-hybridized carbons (Fsp3) is 0.207. The first-order chi connectivity index (χ1) is 17.7. The first-order valence-corrected chi connectivity index (χ1v) is 13.0. The molecule has 2 amide bonds. The van der Waals surface area contributed by atoms with Gasteiger partial charge < -0.3 is 9.47 Å². The minimum atomic E-state index is -0.556. The lowest BCUT2D eigenvalue weighted by atomic mass is 10.0. The van der Waals surface area contributed by atoms with Crippen molar-refractivity contribution in [3.63, 3.8) is 0 Å². The lowest BCUT2D eigenvalue weighted by Crippen LogP contribution is -2.32. The molecule has 0 spiro atoms. The van der Waals surface area contributed by atoms with Gasteiger partial charge in [0.15, 0.2) is 0 Å². The standard InChI is InChI=1S/C29H26ClNO5S/c1-18(2)23-13-8-19(3)16-25(23)35-15-14-31-27(32)26(37-29(31)34)17-21-6-4-5-7-24(21)36-28(33)20-9-11-22(30)12-10-20/h4-13,16-18H,14-15H2,1-3H3/b26-17-. The van der Waals surface area contributed by atoms with Crippen LogP contribution in [-0.2, 0) is 4.79 Å². The van der Waals surface area contributed by atoms with E-state index >= 15 is 0 Å². The van der Waals surface area contributed by atoms with E-state index in [2.05, 4.69) is 13.8 Å². The molecule has 0 saturated carbocycles. The number of halogens is 1. The molecular formula is C29H26ClNO5S. The van der Waals surface area contributed by atoms with E-state index in [1.54, 1.807) is 54.6 Å². The normalized spacial score (nSPS) is 14.5. The largest absolute Gasteiger partial charge is 0.491 e. The summed E-state index contributed by atoms with van der Waals surface area (Å²) in [7, 11) is 0. The van der Waals surface area contributed by atoms with Gasteiger partial charge in [-0.25, -0.2) is 4.79 Å². The van der Waals surface area contributed by atoms with E-state index < -0.39 is 11.9 Å². The van der Waals surface area contributed by atoms with Gasteiger partial charge >= 0.3 is 5.97 Å². The zero-order valence-corrected chi connectivity index (χ0v) is 22.3. The summed E-state index contributed by atoms with van der Waals surface area (Å²) in [4.78, 5) is 39.6. The van der Waals surface area contributed by atoms with Crippen LogP contribution < -0.4 is 9.47 Å². The molecule has 1 saturated heterocycles. The molecule has 0 unspecified atom stereocenters. The average molecular weight is 536 g/mol. The molecule has 3 aromatic rings. The summed E-state index contributed by atoms with van der Waals surface area (Å²) >= 11 is 6.74. The van der Waals surface area contributed by atoms with Crippen LogP contribution in [0.4, 0.5) is 4.79 Å². The fourth-order valence-corrected chi connectivity index (χ4v) is 4.74. The molecule has 1 fully saturated rings. The number of esters is 1. The van der Waals surface area contributed by atoms with Crippen molar-refractivity contribution in [1.29, 1.82) is 0 Å². The van der Waals surface area contributed by atoms with Gasteiger partial charge in [0.1, 0.15) is 18.1 Å². The predicted octanol–water partition coefficient (Wildman–Crippen LogP) is 7.11. The number of carbonyl (C=O) groups excluding carboxylic acids is 3. The Hall–Kier alpha value is -3.55. The quantitative estimate of drug-likeness (QED) is 0.174. The summed E-state index contributed by atoms with van der Waals surface area (Å²) < 4.78 is 11.5. The first kappa shape index (κ1) is 26.5. The van der Waals surface area contributed by atoms with Crippen molar-refractivity contribution >= 4 is 46.6 Å². The van der Waals surface area contributed by atoms with Crippen molar-refractivity contribution in [2.75, 3.05) is 13.2 Å². The van der Waals surface area contributed by atoms with Gasteiger partial charge in [-0.15, -0.1) is 0 Å². The second kappa shape index (κ2) is 11.7. The molecule has 0 aliphatic carbocycles. The van der Waals surface area contributed by atoms with E-state index in [1.807, 2.05) is 25.1 Å². The Labute approximate surface area is 225 Å². The van der Waals surface area contributed by atoms with Crippen LogP contribution in [0.2, 0.25) is 5.02 Å². The number of thioether (sulfide) groups is 1. The molecule has 37 heavy (non-hydrogen) atoms. The van der Waals surface area contributed by atoms with Gasteiger partial charge in [-0.1, -0.05) is 55.8 Å². The summed E-state index contributed by atoms with van der Waals surface area (Å²) in [5, 5.41) is 0.140. The van der Waals surface area contributed by atoms with E-state index in [9.17, 15) is 14.4 Å². The molecule has 6 nitrogen and oxygen atoms in total. The second-order valence-corrected chi connectivity index (χ2v) is 10.2. The lowest BCUT2D eigenvalue weighted by Gasteiger charge is -2.17. The van der Waals surface area contributed by atoms with Crippen LogP contribution in [0, 0.1) is 6.92 Å². The molecule has 8 heteroatoms. The van der Waals surface area contributed by atoms with Gasteiger partial charge in [-0.2, -0.15) is 0 Å². The smallest absolute Gasteiger partial charge is 0.343 e. The number of imide groups is 1. The monoisotopic (exact) mass is 535 g/mol. The first-order valence-electron chi connectivity index (χ1n) is 11.8. The van der Waals surface area contributed by atoms with Crippen LogP contribution in [0.25, 0.3) is 6.08 Å². The predicted molar refractivity (Wildman–Crippen MR) is 146 cm³/mol. The molecule has 190 valence electrons. The zero-order chi connectivity index (χ0) is 26.5. The molecule has 0 radical (unpaired) electrons. The van der Waals surface area contributed by atoms with Crippen molar-refractivity contribution in [1.82, 2.24) is 4.90 Å². The topological polar surface area (TPSA) is 72.9 Å². The van der Waals surface area contributed by atoms with Gasteiger partial charge in [0.05, 0.1) is 17.0 Å². The summed E-state index contributed by atoms with van der Waals surface area (Å²) in [6.07, 6.45) is 1.56. The highest BCUT2D eigenvalue weighted by Gasteiger charge is 2.35. The molecular weight excluding hydrogens is 510 g/mol. The number of para-hydroxylation sites is 1. The van der Waals surface area contributed by atoms with Gasteiger partial charge in [0.2, 0.25) is 0 Å². The van der Waals surface area contributed by atoms with Crippen molar-refractivity contribution in [2.45, 2.75) is 26.7 Å². The van der Waals surface area contributed by atoms with Crippen LogP contribution in [0.3, 0.4) is 0 Å².